The van der Waals surface area contributed by atoms with E-state index in [-0.39, 0.29) is 11.7 Å². The van der Waals surface area contributed by atoms with Gasteiger partial charge in [0.05, 0.1) is 16.5 Å². The summed E-state index contributed by atoms with van der Waals surface area (Å²) in [5.41, 5.74) is 1.51. The number of anilines is 1. The van der Waals surface area contributed by atoms with Gasteiger partial charge in [-0.15, -0.1) is 0 Å². The number of halogens is 1. The van der Waals surface area contributed by atoms with E-state index < -0.39 is 16.1 Å². The molecule has 1 aromatic carbocycles. The Morgan fingerprint density at radius 3 is 2.78 bits per heavy atom. The Balaban J connectivity index is 2.18. The predicted octanol–water partition coefficient (Wildman–Crippen LogP) is 3.18. The highest BCUT2D eigenvalue weighted by Gasteiger charge is 2.36. The Labute approximate surface area is 143 Å². The zero-order chi connectivity index (χ0) is 17.0. The molecule has 0 saturated carbocycles. The van der Waals surface area contributed by atoms with E-state index in [0.717, 1.165) is 18.4 Å². The molecular formula is C16H23ClN2O3S. The Morgan fingerprint density at radius 1 is 1.39 bits per heavy atom. The van der Waals surface area contributed by atoms with Crippen molar-refractivity contribution in [2.45, 2.75) is 45.6 Å². The van der Waals surface area contributed by atoms with Gasteiger partial charge in [-0.05, 0) is 43.9 Å². The lowest BCUT2D eigenvalue weighted by Gasteiger charge is -2.33. The highest BCUT2D eigenvalue weighted by Crippen LogP contribution is 2.26. The summed E-state index contributed by atoms with van der Waals surface area (Å²) in [7, 11) is -3.40. The molecule has 1 atom stereocenters. The van der Waals surface area contributed by atoms with Gasteiger partial charge in [-0.2, -0.15) is 4.31 Å². The molecule has 0 aliphatic carbocycles. The Morgan fingerprint density at radius 2 is 2.13 bits per heavy atom. The zero-order valence-corrected chi connectivity index (χ0v) is 15.1. The van der Waals surface area contributed by atoms with E-state index in [1.807, 2.05) is 19.9 Å². The fourth-order valence-corrected chi connectivity index (χ4v) is 4.84. The minimum atomic E-state index is -3.40. The first-order valence-electron chi connectivity index (χ1n) is 7.91. The van der Waals surface area contributed by atoms with Gasteiger partial charge >= 0.3 is 0 Å². The third-order valence-electron chi connectivity index (χ3n) is 3.96. The van der Waals surface area contributed by atoms with Gasteiger partial charge < -0.3 is 5.32 Å². The third-order valence-corrected chi connectivity index (χ3v) is 6.35. The van der Waals surface area contributed by atoms with Crippen LogP contribution in [-0.2, 0) is 14.8 Å². The molecule has 0 bridgehead atoms. The van der Waals surface area contributed by atoms with Gasteiger partial charge in [0.25, 0.3) is 0 Å². The topological polar surface area (TPSA) is 66.5 Å². The lowest BCUT2D eigenvalue weighted by Crippen LogP contribution is -2.50. The molecule has 0 radical (unpaired) electrons. The van der Waals surface area contributed by atoms with Gasteiger partial charge in [0.15, 0.2) is 0 Å². The van der Waals surface area contributed by atoms with Crippen molar-refractivity contribution < 1.29 is 13.2 Å². The first-order valence-corrected chi connectivity index (χ1v) is 9.90. The predicted molar refractivity (Wildman–Crippen MR) is 93.2 cm³/mol. The fourth-order valence-electron chi connectivity index (χ4n) is 2.81. The van der Waals surface area contributed by atoms with Crippen LogP contribution in [0.4, 0.5) is 5.69 Å². The number of piperidine rings is 1. The van der Waals surface area contributed by atoms with E-state index in [4.69, 9.17) is 11.6 Å². The lowest BCUT2D eigenvalue weighted by molar-refractivity contribution is -0.120. The van der Waals surface area contributed by atoms with E-state index in [0.29, 0.717) is 30.1 Å². The largest absolute Gasteiger partial charge is 0.323 e. The Bertz CT molecular complexity index is 676. The summed E-state index contributed by atoms with van der Waals surface area (Å²) in [5.74, 6) is -0.239. The summed E-state index contributed by atoms with van der Waals surface area (Å²) in [6.45, 7) is 4.14. The first kappa shape index (κ1) is 18.2. The van der Waals surface area contributed by atoms with Crippen LogP contribution in [0.1, 0.15) is 38.2 Å². The number of rotatable bonds is 5. The second-order valence-corrected chi connectivity index (χ2v) is 8.36. The van der Waals surface area contributed by atoms with Crippen LogP contribution >= 0.6 is 11.6 Å². The quantitative estimate of drug-likeness (QED) is 0.879. The van der Waals surface area contributed by atoms with Crippen LogP contribution < -0.4 is 5.32 Å². The maximum absolute atomic E-state index is 12.6. The van der Waals surface area contributed by atoms with Crippen LogP contribution in [0.3, 0.4) is 0 Å². The molecule has 0 spiro atoms. The average molecular weight is 359 g/mol. The molecule has 1 fully saturated rings. The summed E-state index contributed by atoms with van der Waals surface area (Å²) in [6.07, 6.45) is 2.71. The van der Waals surface area contributed by atoms with Crippen molar-refractivity contribution in [1.29, 1.82) is 0 Å². The normalized spacial score (nSPS) is 19.5. The van der Waals surface area contributed by atoms with Crippen LogP contribution in [-0.4, -0.2) is 37.0 Å². The van der Waals surface area contributed by atoms with E-state index in [1.165, 1.54) is 4.31 Å². The monoisotopic (exact) mass is 358 g/mol. The highest BCUT2D eigenvalue weighted by atomic mass is 35.5. The van der Waals surface area contributed by atoms with Crippen molar-refractivity contribution in [1.82, 2.24) is 4.31 Å². The van der Waals surface area contributed by atoms with E-state index in [1.54, 1.807) is 12.1 Å². The fraction of sp³-hybridized carbons (Fsp3) is 0.562. The second-order valence-electron chi connectivity index (χ2n) is 5.91. The maximum atomic E-state index is 12.6. The summed E-state index contributed by atoms with van der Waals surface area (Å²) in [4.78, 5) is 12.6. The van der Waals surface area contributed by atoms with Crippen molar-refractivity contribution >= 4 is 33.2 Å². The minimum absolute atomic E-state index is 0.0715. The molecule has 1 saturated heterocycles. The molecule has 1 aliphatic rings. The average Bonchev–Trinajstić information content (AvgIpc) is 2.50. The van der Waals surface area contributed by atoms with Crippen LogP contribution in [0.2, 0.25) is 5.02 Å². The van der Waals surface area contributed by atoms with E-state index in [2.05, 4.69) is 5.32 Å². The molecule has 1 N–H and O–H groups in total. The number of amides is 1. The van der Waals surface area contributed by atoms with Gasteiger partial charge in [-0.1, -0.05) is 31.0 Å². The zero-order valence-electron chi connectivity index (χ0n) is 13.5. The minimum Gasteiger partial charge on any atom is -0.323 e. The Hall–Kier alpha value is -1.11. The number of carbonyl (C=O) groups is 1. The van der Waals surface area contributed by atoms with E-state index in [9.17, 15) is 13.2 Å². The molecule has 7 heteroatoms. The maximum Gasteiger partial charge on any atom is 0.242 e. The van der Waals surface area contributed by atoms with Crippen LogP contribution in [0.5, 0.6) is 0 Å². The molecule has 1 unspecified atom stereocenters. The number of hydrogen-bond donors (Lipinski definition) is 1. The molecule has 0 aromatic heterocycles. The summed E-state index contributed by atoms with van der Waals surface area (Å²) in [6, 6.07) is 4.71. The molecule has 1 aromatic rings. The van der Waals surface area contributed by atoms with Gasteiger partial charge in [0.1, 0.15) is 6.04 Å². The summed E-state index contributed by atoms with van der Waals surface area (Å²) in [5, 5.41) is 3.23. The van der Waals surface area contributed by atoms with Gasteiger partial charge in [0.2, 0.25) is 15.9 Å². The summed E-state index contributed by atoms with van der Waals surface area (Å²) < 4.78 is 26.1. The number of hydrogen-bond acceptors (Lipinski definition) is 3. The van der Waals surface area contributed by atoms with Crippen molar-refractivity contribution in [3.05, 3.63) is 28.8 Å². The third kappa shape index (κ3) is 4.46. The number of nitrogens with one attached hydrogen (secondary N) is 1. The van der Waals surface area contributed by atoms with Gasteiger partial charge in [-0.3, -0.25) is 4.79 Å². The molecule has 5 nitrogen and oxygen atoms in total. The van der Waals surface area contributed by atoms with Crippen molar-refractivity contribution in [3.63, 3.8) is 0 Å². The second kappa shape index (κ2) is 7.64. The number of aryl methyl sites for hydroxylation is 1. The molecular weight excluding hydrogens is 336 g/mol. The van der Waals surface area contributed by atoms with Crippen molar-refractivity contribution in [2.75, 3.05) is 17.6 Å². The highest BCUT2D eigenvalue weighted by molar-refractivity contribution is 7.89. The number of nitrogens with zero attached hydrogens (tertiary/aromatic N) is 1. The number of sulfonamides is 1. The number of benzene rings is 1. The summed E-state index contributed by atoms with van der Waals surface area (Å²) >= 11 is 6.14. The Kier molecular flexibility index (Phi) is 6.06. The van der Waals surface area contributed by atoms with Crippen molar-refractivity contribution in [2.24, 2.45) is 0 Å². The lowest BCUT2D eigenvalue weighted by atomic mass is 10.0. The van der Waals surface area contributed by atoms with Crippen LogP contribution in [0.15, 0.2) is 18.2 Å². The first-order chi connectivity index (χ1) is 10.8. The van der Waals surface area contributed by atoms with Crippen LogP contribution in [0.25, 0.3) is 0 Å². The molecule has 1 aliphatic heterocycles. The van der Waals surface area contributed by atoms with E-state index >= 15 is 0 Å². The van der Waals surface area contributed by atoms with Crippen molar-refractivity contribution in [3.8, 4) is 0 Å². The van der Waals surface area contributed by atoms with Crippen LogP contribution in [0, 0.1) is 6.92 Å². The number of carbonyl (C=O) groups excluding carboxylic acids is 1. The molecule has 128 valence electrons. The SMILES string of the molecule is CCCS(=O)(=O)N1CCCCC1C(=O)Nc1ccc(C)cc1Cl. The molecule has 2 rings (SSSR count). The molecule has 23 heavy (non-hydrogen) atoms. The molecule has 1 amide bonds. The smallest absolute Gasteiger partial charge is 0.242 e. The van der Waals surface area contributed by atoms with Gasteiger partial charge in [-0.25, -0.2) is 8.42 Å². The molecule has 1 heterocycles. The van der Waals surface area contributed by atoms with Gasteiger partial charge in [0, 0.05) is 6.54 Å². The standard InChI is InChI=1S/C16H23ClN2O3S/c1-3-10-23(21,22)19-9-5-4-6-15(19)16(20)18-14-8-7-12(2)11-13(14)17/h7-8,11,15H,3-6,9-10H2,1-2H3,(H,18,20).